The molecule has 0 amide bonds. The van der Waals surface area contributed by atoms with Gasteiger partial charge in [0.25, 0.3) is 0 Å². The normalized spacial score (nSPS) is 10.8. The van der Waals surface area contributed by atoms with Gasteiger partial charge in [-0.25, -0.2) is 4.68 Å². The van der Waals surface area contributed by atoms with Crippen molar-refractivity contribution in [3.05, 3.63) is 41.2 Å². The molecule has 0 aliphatic carbocycles. The topological polar surface area (TPSA) is 42.7 Å². The van der Waals surface area contributed by atoms with Gasteiger partial charge in [0.1, 0.15) is 0 Å². The molecule has 1 aromatic heterocycles. The Bertz CT molecular complexity index is 516. The minimum Gasteiger partial charge on any atom is -0.311 e. The van der Waals surface area contributed by atoms with Crippen molar-refractivity contribution >= 4 is 0 Å². The van der Waals surface area contributed by atoms with Crippen LogP contribution in [-0.4, -0.2) is 21.5 Å². The van der Waals surface area contributed by atoms with Crippen LogP contribution in [0, 0.1) is 13.8 Å². The Morgan fingerprint density at radius 2 is 2.11 bits per heavy atom. The second-order valence-corrected chi connectivity index (χ2v) is 4.62. The first kappa shape index (κ1) is 12.8. The molecule has 4 heteroatoms. The van der Waals surface area contributed by atoms with Crippen molar-refractivity contribution in [1.29, 1.82) is 0 Å². The van der Waals surface area contributed by atoms with Gasteiger partial charge in [-0.15, -0.1) is 5.10 Å². The molecular formula is C14H20N4. The predicted octanol–water partition coefficient (Wildman–Crippen LogP) is 2.38. The maximum Gasteiger partial charge on any atom is 0.0969 e. The lowest BCUT2D eigenvalue weighted by Crippen LogP contribution is -2.13. The van der Waals surface area contributed by atoms with Gasteiger partial charge < -0.3 is 5.32 Å². The van der Waals surface area contributed by atoms with Gasteiger partial charge in [0, 0.05) is 6.54 Å². The summed E-state index contributed by atoms with van der Waals surface area (Å²) in [6.07, 6.45) is 3.12. The molecule has 0 unspecified atom stereocenters. The number of benzene rings is 1. The monoisotopic (exact) mass is 244 g/mol. The summed E-state index contributed by atoms with van der Waals surface area (Å²) in [6, 6.07) is 6.34. The molecule has 0 spiro atoms. The largest absolute Gasteiger partial charge is 0.311 e. The lowest BCUT2D eigenvalue weighted by atomic mass is 10.1. The van der Waals surface area contributed by atoms with Crippen molar-refractivity contribution < 1.29 is 0 Å². The Morgan fingerprint density at radius 1 is 1.28 bits per heavy atom. The summed E-state index contributed by atoms with van der Waals surface area (Å²) in [7, 11) is 0. The summed E-state index contributed by atoms with van der Waals surface area (Å²) in [4.78, 5) is 0. The van der Waals surface area contributed by atoms with Crippen molar-refractivity contribution in [1.82, 2.24) is 20.3 Å². The van der Waals surface area contributed by atoms with Gasteiger partial charge in [0.05, 0.1) is 17.6 Å². The number of nitrogens with zero attached hydrogens (tertiary/aromatic N) is 3. The summed E-state index contributed by atoms with van der Waals surface area (Å²) in [5, 5.41) is 11.7. The zero-order valence-corrected chi connectivity index (χ0v) is 11.3. The fourth-order valence-corrected chi connectivity index (χ4v) is 1.95. The smallest absolute Gasteiger partial charge is 0.0969 e. The number of nitrogens with one attached hydrogen (secondary N) is 1. The molecule has 0 radical (unpaired) electrons. The van der Waals surface area contributed by atoms with E-state index in [1.165, 1.54) is 11.1 Å². The minimum absolute atomic E-state index is 0.777. The molecule has 0 fully saturated rings. The highest BCUT2D eigenvalue weighted by molar-refractivity contribution is 5.41. The lowest BCUT2D eigenvalue weighted by Gasteiger charge is -2.05. The van der Waals surface area contributed by atoms with E-state index < -0.39 is 0 Å². The molecule has 96 valence electrons. The Labute approximate surface area is 108 Å². The molecule has 0 aliphatic heterocycles. The van der Waals surface area contributed by atoms with E-state index in [-0.39, 0.29) is 0 Å². The molecule has 0 saturated carbocycles. The summed E-state index contributed by atoms with van der Waals surface area (Å²) in [5.74, 6) is 0. The number of hydrogen-bond acceptors (Lipinski definition) is 3. The second kappa shape index (κ2) is 5.78. The zero-order chi connectivity index (χ0) is 13.0. The van der Waals surface area contributed by atoms with Crippen LogP contribution < -0.4 is 5.32 Å². The van der Waals surface area contributed by atoms with Crippen LogP contribution in [0.4, 0.5) is 0 Å². The lowest BCUT2D eigenvalue weighted by molar-refractivity contribution is 0.662. The maximum atomic E-state index is 4.18. The molecule has 2 aromatic rings. The number of rotatable bonds is 5. The third kappa shape index (κ3) is 2.96. The molecule has 0 bridgehead atoms. The van der Waals surface area contributed by atoms with Crippen molar-refractivity contribution in [2.45, 2.75) is 33.7 Å². The number of aryl methyl sites for hydroxylation is 2. The van der Waals surface area contributed by atoms with E-state index in [1.54, 1.807) is 0 Å². The van der Waals surface area contributed by atoms with Crippen molar-refractivity contribution in [2.24, 2.45) is 0 Å². The quantitative estimate of drug-likeness (QED) is 0.821. The Morgan fingerprint density at radius 3 is 2.83 bits per heavy atom. The molecule has 1 N–H and O–H groups in total. The SMILES string of the molecule is CCCNCc1cn(-c2ccc(C)cc2C)nn1. The van der Waals surface area contributed by atoms with Gasteiger partial charge in [0.15, 0.2) is 0 Å². The summed E-state index contributed by atoms with van der Waals surface area (Å²) in [5.41, 5.74) is 4.55. The highest BCUT2D eigenvalue weighted by Crippen LogP contribution is 2.14. The second-order valence-electron chi connectivity index (χ2n) is 4.62. The summed E-state index contributed by atoms with van der Waals surface area (Å²) in [6.45, 7) is 8.13. The highest BCUT2D eigenvalue weighted by atomic mass is 15.4. The molecule has 2 rings (SSSR count). The molecule has 18 heavy (non-hydrogen) atoms. The van der Waals surface area contributed by atoms with Gasteiger partial charge in [-0.1, -0.05) is 29.8 Å². The van der Waals surface area contributed by atoms with E-state index >= 15 is 0 Å². The van der Waals surface area contributed by atoms with Crippen molar-refractivity contribution in [3.8, 4) is 5.69 Å². The minimum atomic E-state index is 0.777. The van der Waals surface area contributed by atoms with Gasteiger partial charge in [-0.05, 0) is 38.4 Å². The van der Waals surface area contributed by atoms with Crippen molar-refractivity contribution in [2.75, 3.05) is 6.54 Å². The van der Waals surface area contributed by atoms with Crippen LogP contribution in [0.2, 0.25) is 0 Å². The van der Waals surface area contributed by atoms with Gasteiger partial charge in [-0.2, -0.15) is 0 Å². The van der Waals surface area contributed by atoms with Crippen molar-refractivity contribution in [3.63, 3.8) is 0 Å². The average molecular weight is 244 g/mol. The summed E-state index contributed by atoms with van der Waals surface area (Å²) < 4.78 is 1.84. The molecule has 0 aliphatic rings. The molecule has 1 aromatic carbocycles. The van der Waals surface area contributed by atoms with E-state index in [0.717, 1.165) is 30.9 Å². The van der Waals surface area contributed by atoms with Crippen LogP contribution in [0.25, 0.3) is 5.69 Å². The zero-order valence-electron chi connectivity index (χ0n) is 11.3. The highest BCUT2D eigenvalue weighted by Gasteiger charge is 2.05. The third-order valence-corrected chi connectivity index (χ3v) is 2.87. The van der Waals surface area contributed by atoms with Crippen LogP contribution in [-0.2, 0) is 6.54 Å². The van der Waals surface area contributed by atoms with E-state index in [4.69, 9.17) is 0 Å². The Kier molecular flexibility index (Phi) is 4.10. The van der Waals surface area contributed by atoms with Crippen LogP contribution in [0.5, 0.6) is 0 Å². The van der Waals surface area contributed by atoms with Crippen LogP contribution >= 0.6 is 0 Å². The third-order valence-electron chi connectivity index (χ3n) is 2.87. The Balaban J connectivity index is 2.13. The van der Waals surface area contributed by atoms with Crippen LogP contribution in [0.15, 0.2) is 24.4 Å². The van der Waals surface area contributed by atoms with E-state index in [9.17, 15) is 0 Å². The summed E-state index contributed by atoms with van der Waals surface area (Å²) >= 11 is 0. The molecule has 0 atom stereocenters. The van der Waals surface area contributed by atoms with Gasteiger partial charge in [0.2, 0.25) is 0 Å². The molecule has 4 nitrogen and oxygen atoms in total. The standard InChI is InChI=1S/C14H20N4/c1-4-7-15-9-13-10-18(17-16-13)14-6-5-11(2)8-12(14)3/h5-6,8,10,15H,4,7,9H2,1-3H3. The number of hydrogen-bond donors (Lipinski definition) is 1. The predicted molar refractivity (Wildman–Crippen MR) is 72.8 cm³/mol. The molecular weight excluding hydrogens is 224 g/mol. The number of aromatic nitrogens is 3. The molecule has 1 heterocycles. The maximum absolute atomic E-state index is 4.18. The first-order valence-corrected chi connectivity index (χ1v) is 6.40. The van der Waals surface area contributed by atoms with E-state index in [0.29, 0.717) is 0 Å². The van der Waals surface area contributed by atoms with Gasteiger partial charge >= 0.3 is 0 Å². The first-order chi connectivity index (χ1) is 8.70. The first-order valence-electron chi connectivity index (χ1n) is 6.40. The van der Waals surface area contributed by atoms with E-state index in [2.05, 4.69) is 54.6 Å². The average Bonchev–Trinajstić information content (AvgIpc) is 2.78. The van der Waals surface area contributed by atoms with Crippen LogP contribution in [0.3, 0.4) is 0 Å². The fraction of sp³-hybridized carbons (Fsp3) is 0.429. The van der Waals surface area contributed by atoms with Gasteiger partial charge in [-0.3, -0.25) is 0 Å². The van der Waals surface area contributed by atoms with Crippen LogP contribution in [0.1, 0.15) is 30.2 Å². The Hall–Kier alpha value is -1.68. The van der Waals surface area contributed by atoms with E-state index in [1.807, 2.05) is 10.9 Å². The molecule has 0 saturated heterocycles. The fourth-order valence-electron chi connectivity index (χ4n) is 1.95.